The average Bonchev–Trinajstić information content (AvgIpc) is 2.55. The second kappa shape index (κ2) is 6.60. The summed E-state index contributed by atoms with van der Waals surface area (Å²) in [7, 11) is -3.10. The minimum Gasteiger partial charge on any atom is -0.353 e. The predicted octanol–water partition coefficient (Wildman–Crippen LogP) is 0.875. The molecule has 8 heteroatoms. The van der Waals surface area contributed by atoms with Crippen molar-refractivity contribution in [2.45, 2.75) is 51.5 Å². The van der Waals surface area contributed by atoms with Crippen LogP contribution in [-0.2, 0) is 22.9 Å². The van der Waals surface area contributed by atoms with Crippen molar-refractivity contribution in [1.29, 1.82) is 0 Å². The molecule has 0 unspecified atom stereocenters. The average molecular weight is 340 g/mol. The van der Waals surface area contributed by atoms with Gasteiger partial charge >= 0.3 is 0 Å². The third-order valence-corrected chi connectivity index (χ3v) is 6.63. The van der Waals surface area contributed by atoms with Gasteiger partial charge in [0.05, 0.1) is 11.4 Å². The van der Waals surface area contributed by atoms with Gasteiger partial charge in [0.2, 0.25) is 16.0 Å². The highest BCUT2D eigenvalue weighted by atomic mass is 32.2. The van der Waals surface area contributed by atoms with E-state index in [1.54, 1.807) is 11.2 Å². The Kier molecular flexibility index (Phi) is 4.72. The zero-order valence-electron chi connectivity index (χ0n) is 13.5. The molecule has 2 aliphatic rings. The molecule has 0 saturated carbocycles. The lowest BCUT2D eigenvalue weighted by molar-refractivity contribution is 0.329. The second-order valence-electron chi connectivity index (χ2n) is 6.27. The molecule has 0 aromatic carbocycles. The van der Waals surface area contributed by atoms with E-state index in [4.69, 9.17) is 0 Å². The van der Waals surface area contributed by atoms with Crippen LogP contribution in [0, 0.1) is 0 Å². The van der Waals surface area contributed by atoms with E-state index in [2.05, 4.69) is 15.3 Å². The lowest BCUT2D eigenvalue weighted by atomic mass is 9.97. The van der Waals surface area contributed by atoms with Crippen molar-refractivity contribution in [3.8, 4) is 0 Å². The standard InChI is InChI=1S/C15H24N4O3S/c1-2-23(21,22)19-9-7-11(8-10-19)16-15-17-13-6-4-3-5-12(13)14(20)18-15/h11H,2-10H2,1H3,(H2,16,17,18,20). The molecule has 2 N–H and O–H groups in total. The summed E-state index contributed by atoms with van der Waals surface area (Å²) in [6, 6.07) is 0.142. The number of aromatic nitrogens is 2. The van der Waals surface area contributed by atoms with E-state index in [1.165, 1.54) is 0 Å². The molecule has 1 aromatic rings. The Bertz CT molecular complexity index is 721. The molecular weight excluding hydrogens is 316 g/mol. The zero-order valence-corrected chi connectivity index (χ0v) is 14.3. The number of hydrogen-bond acceptors (Lipinski definition) is 5. The van der Waals surface area contributed by atoms with Crippen molar-refractivity contribution >= 4 is 16.0 Å². The first-order valence-corrected chi connectivity index (χ1v) is 9.97. The van der Waals surface area contributed by atoms with Crippen molar-refractivity contribution in [2.24, 2.45) is 0 Å². The van der Waals surface area contributed by atoms with Crippen LogP contribution in [0.3, 0.4) is 0 Å². The molecule has 1 saturated heterocycles. The smallest absolute Gasteiger partial charge is 0.255 e. The van der Waals surface area contributed by atoms with Gasteiger partial charge in [-0.25, -0.2) is 17.7 Å². The molecule has 1 aliphatic heterocycles. The molecule has 0 amide bonds. The summed E-state index contributed by atoms with van der Waals surface area (Å²) in [6.07, 6.45) is 5.25. The molecular formula is C15H24N4O3S. The third kappa shape index (κ3) is 3.58. The fourth-order valence-electron chi connectivity index (χ4n) is 3.33. The summed E-state index contributed by atoms with van der Waals surface area (Å²) in [5.41, 5.74) is 1.70. The normalized spacial score (nSPS) is 20.2. The van der Waals surface area contributed by atoms with Gasteiger partial charge in [-0.3, -0.25) is 9.78 Å². The molecule has 1 aliphatic carbocycles. The van der Waals surface area contributed by atoms with Gasteiger partial charge in [-0.1, -0.05) is 0 Å². The van der Waals surface area contributed by atoms with Crippen LogP contribution in [0.15, 0.2) is 4.79 Å². The molecule has 0 spiro atoms. The number of rotatable bonds is 4. The Hall–Kier alpha value is -1.41. The molecule has 128 valence electrons. The van der Waals surface area contributed by atoms with Crippen LogP contribution in [0.2, 0.25) is 0 Å². The minimum absolute atomic E-state index is 0.0387. The van der Waals surface area contributed by atoms with Crippen molar-refractivity contribution < 1.29 is 8.42 Å². The first kappa shape index (κ1) is 16.4. The Labute approximate surface area is 136 Å². The summed E-state index contributed by atoms with van der Waals surface area (Å²) >= 11 is 0. The largest absolute Gasteiger partial charge is 0.353 e. The van der Waals surface area contributed by atoms with Gasteiger partial charge in [0.25, 0.3) is 5.56 Å². The maximum atomic E-state index is 12.1. The first-order chi connectivity index (χ1) is 11.0. The number of nitrogens with one attached hydrogen (secondary N) is 2. The number of anilines is 1. The maximum absolute atomic E-state index is 12.1. The summed E-state index contributed by atoms with van der Waals surface area (Å²) in [5.74, 6) is 0.664. The number of fused-ring (bicyclic) bond motifs is 1. The molecule has 23 heavy (non-hydrogen) atoms. The fourth-order valence-corrected chi connectivity index (χ4v) is 4.46. The number of piperidine rings is 1. The first-order valence-electron chi connectivity index (χ1n) is 8.36. The van der Waals surface area contributed by atoms with Crippen LogP contribution in [-0.4, -0.2) is 47.6 Å². The van der Waals surface area contributed by atoms with E-state index in [9.17, 15) is 13.2 Å². The Morgan fingerprint density at radius 3 is 2.65 bits per heavy atom. The summed E-state index contributed by atoms with van der Waals surface area (Å²) < 4.78 is 25.3. The molecule has 0 radical (unpaired) electrons. The van der Waals surface area contributed by atoms with Gasteiger partial charge in [-0.15, -0.1) is 0 Å². The molecule has 0 atom stereocenters. The van der Waals surface area contributed by atoms with Crippen LogP contribution in [0.25, 0.3) is 0 Å². The number of sulfonamides is 1. The SMILES string of the molecule is CCS(=O)(=O)N1CCC(Nc2nc3c(c(=O)[nH]2)CCCC3)CC1. The van der Waals surface area contributed by atoms with E-state index < -0.39 is 10.0 Å². The number of hydrogen-bond donors (Lipinski definition) is 2. The molecule has 0 bridgehead atoms. The van der Waals surface area contributed by atoms with Crippen LogP contribution in [0.4, 0.5) is 5.95 Å². The third-order valence-electron chi connectivity index (χ3n) is 4.74. The van der Waals surface area contributed by atoms with Crippen molar-refractivity contribution in [1.82, 2.24) is 14.3 Å². The number of aromatic amines is 1. The van der Waals surface area contributed by atoms with E-state index in [0.717, 1.165) is 49.8 Å². The maximum Gasteiger partial charge on any atom is 0.255 e. The van der Waals surface area contributed by atoms with E-state index in [0.29, 0.717) is 19.0 Å². The van der Waals surface area contributed by atoms with Crippen molar-refractivity contribution in [3.63, 3.8) is 0 Å². The van der Waals surface area contributed by atoms with Crippen LogP contribution >= 0.6 is 0 Å². The monoisotopic (exact) mass is 340 g/mol. The molecule has 7 nitrogen and oxygen atoms in total. The molecule has 3 rings (SSSR count). The molecule has 1 aromatic heterocycles. The van der Waals surface area contributed by atoms with Crippen LogP contribution in [0.5, 0.6) is 0 Å². The van der Waals surface area contributed by atoms with Crippen LogP contribution < -0.4 is 10.9 Å². The topological polar surface area (TPSA) is 95.2 Å². The van der Waals surface area contributed by atoms with Gasteiger partial charge in [0.1, 0.15) is 0 Å². The fraction of sp³-hybridized carbons (Fsp3) is 0.733. The van der Waals surface area contributed by atoms with Crippen molar-refractivity contribution in [3.05, 3.63) is 21.6 Å². The second-order valence-corrected chi connectivity index (χ2v) is 8.52. The molecule has 2 heterocycles. The van der Waals surface area contributed by atoms with Gasteiger partial charge in [0.15, 0.2) is 0 Å². The van der Waals surface area contributed by atoms with Gasteiger partial charge in [-0.2, -0.15) is 0 Å². The highest BCUT2D eigenvalue weighted by Crippen LogP contribution is 2.19. The zero-order chi connectivity index (χ0) is 16.4. The highest BCUT2D eigenvalue weighted by Gasteiger charge is 2.27. The highest BCUT2D eigenvalue weighted by molar-refractivity contribution is 7.89. The quantitative estimate of drug-likeness (QED) is 0.848. The Morgan fingerprint density at radius 2 is 1.96 bits per heavy atom. The lowest BCUT2D eigenvalue weighted by Crippen LogP contribution is -2.43. The summed E-state index contributed by atoms with van der Waals surface area (Å²) in [4.78, 5) is 19.5. The summed E-state index contributed by atoms with van der Waals surface area (Å²) in [5, 5.41) is 3.27. The Morgan fingerprint density at radius 1 is 1.26 bits per heavy atom. The number of aryl methyl sites for hydroxylation is 1. The summed E-state index contributed by atoms with van der Waals surface area (Å²) in [6.45, 7) is 2.70. The van der Waals surface area contributed by atoms with Gasteiger partial charge < -0.3 is 5.32 Å². The lowest BCUT2D eigenvalue weighted by Gasteiger charge is -2.31. The Balaban J connectivity index is 1.65. The minimum atomic E-state index is -3.10. The predicted molar refractivity (Wildman–Crippen MR) is 89.2 cm³/mol. The molecule has 1 fully saturated rings. The van der Waals surface area contributed by atoms with Gasteiger partial charge in [-0.05, 0) is 45.4 Å². The van der Waals surface area contributed by atoms with E-state index >= 15 is 0 Å². The number of nitrogens with zero attached hydrogens (tertiary/aromatic N) is 2. The van der Waals surface area contributed by atoms with E-state index in [1.807, 2.05) is 0 Å². The van der Waals surface area contributed by atoms with Gasteiger partial charge in [0, 0.05) is 24.7 Å². The van der Waals surface area contributed by atoms with Crippen molar-refractivity contribution in [2.75, 3.05) is 24.2 Å². The van der Waals surface area contributed by atoms with Crippen LogP contribution in [0.1, 0.15) is 43.9 Å². The van der Waals surface area contributed by atoms with E-state index in [-0.39, 0.29) is 17.4 Å². The number of H-pyrrole nitrogens is 1.